The molecule has 318 valence electrons. The molecule has 0 aliphatic heterocycles. The molecule has 66 heavy (non-hydrogen) atoms. The lowest BCUT2D eigenvalue weighted by atomic mass is 9.92. The van der Waals surface area contributed by atoms with Crippen molar-refractivity contribution in [2.75, 3.05) is 0 Å². The van der Waals surface area contributed by atoms with Gasteiger partial charge in [0.2, 0.25) is 0 Å². The van der Waals surface area contributed by atoms with Crippen LogP contribution in [0.4, 0.5) is 0 Å². The minimum atomic E-state index is -0.678. The smallest absolute Gasteiger partial charge is 0.343 e. The molecule has 10 nitrogen and oxygen atoms in total. The van der Waals surface area contributed by atoms with E-state index in [-0.39, 0.29) is 45.6 Å². The zero-order valence-electron chi connectivity index (χ0n) is 34.6. The van der Waals surface area contributed by atoms with Crippen LogP contribution in [-0.4, -0.2) is 34.1 Å². The van der Waals surface area contributed by atoms with Crippen LogP contribution < -0.4 is 18.9 Å². The molecule has 10 aromatic carbocycles. The number of hydrogen-bond donors (Lipinski definition) is 2. The van der Waals surface area contributed by atoms with Gasteiger partial charge in [0.05, 0.1) is 22.3 Å². The number of rotatable bonds is 9. The van der Waals surface area contributed by atoms with Crippen LogP contribution >= 0.6 is 0 Å². The Morgan fingerprint density at radius 2 is 0.636 bits per heavy atom. The summed E-state index contributed by atoms with van der Waals surface area (Å²) >= 11 is 0. The number of benzene rings is 10. The van der Waals surface area contributed by atoms with Crippen molar-refractivity contribution >= 4 is 67.0 Å². The number of phenols is 2. The molecule has 0 unspecified atom stereocenters. The first-order chi connectivity index (χ1) is 32.1. The summed E-state index contributed by atoms with van der Waals surface area (Å²) in [7, 11) is 0. The van der Waals surface area contributed by atoms with Crippen LogP contribution in [0, 0.1) is 0 Å². The van der Waals surface area contributed by atoms with Gasteiger partial charge in [-0.2, -0.15) is 0 Å². The van der Waals surface area contributed by atoms with Crippen LogP contribution in [0.1, 0.15) is 41.4 Å². The maximum absolute atomic E-state index is 13.9. The second-order valence-corrected chi connectivity index (χ2v) is 15.4. The minimum absolute atomic E-state index is 0.124. The number of esters is 4. The summed E-state index contributed by atoms with van der Waals surface area (Å²) < 4.78 is 23.6. The first-order valence-electron chi connectivity index (χ1n) is 20.7. The summed E-state index contributed by atoms with van der Waals surface area (Å²) in [5.74, 6) is -1.43. The SMILES string of the molecule is O=C(Oc1ccc(C(=O)Oc2ccc3ccccc3c2-c2c(OC(=O)c3ccc(OC(=O)c4ccc5cc(O)ccc5c4)cc3)ccc3ccccc23)cc1)c1ccc2cc(O)ccc2c1. The fraction of sp³-hybridized carbons (Fsp3) is 0. The Hall–Kier alpha value is -9.28. The second-order valence-electron chi connectivity index (χ2n) is 15.4. The second kappa shape index (κ2) is 17.1. The summed E-state index contributed by atoms with van der Waals surface area (Å²) in [6.45, 7) is 0. The zero-order chi connectivity index (χ0) is 45.3. The molecule has 0 amide bonds. The monoisotopic (exact) mass is 866 g/mol. The van der Waals surface area contributed by atoms with Gasteiger partial charge in [0.25, 0.3) is 0 Å². The van der Waals surface area contributed by atoms with Crippen LogP contribution in [0.15, 0.2) is 194 Å². The molecule has 0 spiro atoms. The molecule has 0 bridgehead atoms. The highest BCUT2D eigenvalue weighted by Crippen LogP contribution is 2.46. The molecule has 0 saturated carbocycles. The predicted molar refractivity (Wildman–Crippen MR) is 251 cm³/mol. The molecule has 0 aliphatic carbocycles. The highest BCUT2D eigenvalue weighted by Gasteiger charge is 2.23. The number of carbonyl (C=O) groups is 4. The summed E-state index contributed by atoms with van der Waals surface area (Å²) in [4.78, 5) is 53.9. The van der Waals surface area contributed by atoms with Gasteiger partial charge in [-0.1, -0.05) is 84.9 Å². The van der Waals surface area contributed by atoms with Crippen LogP contribution in [-0.2, 0) is 0 Å². The summed E-state index contributed by atoms with van der Waals surface area (Å²) in [5, 5.41) is 25.8. The molecule has 0 fully saturated rings. The summed E-state index contributed by atoms with van der Waals surface area (Å²) in [5.41, 5.74) is 2.05. The number of ether oxygens (including phenoxy) is 4. The quantitative estimate of drug-likeness (QED) is 0.106. The molecular formula is C56H34O10. The van der Waals surface area contributed by atoms with Gasteiger partial charge in [0.15, 0.2) is 0 Å². The van der Waals surface area contributed by atoms with E-state index in [2.05, 4.69) is 0 Å². The minimum Gasteiger partial charge on any atom is -0.508 e. The lowest BCUT2D eigenvalue weighted by Crippen LogP contribution is -2.12. The highest BCUT2D eigenvalue weighted by molar-refractivity contribution is 6.11. The molecule has 2 N–H and O–H groups in total. The predicted octanol–water partition coefficient (Wildman–Crippen LogP) is 12.3. The van der Waals surface area contributed by atoms with Crippen molar-refractivity contribution in [1.29, 1.82) is 0 Å². The molecule has 10 heteroatoms. The van der Waals surface area contributed by atoms with E-state index in [9.17, 15) is 29.4 Å². The maximum atomic E-state index is 13.9. The third-order valence-electron chi connectivity index (χ3n) is 11.2. The Morgan fingerprint density at radius 3 is 1.06 bits per heavy atom. The van der Waals surface area contributed by atoms with Gasteiger partial charge in [-0.3, -0.25) is 0 Å². The van der Waals surface area contributed by atoms with Gasteiger partial charge in [-0.25, -0.2) is 19.2 Å². The largest absolute Gasteiger partial charge is 0.508 e. The molecule has 0 saturated heterocycles. The average molecular weight is 867 g/mol. The van der Waals surface area contributed by atoms with Crippen LogP contribution in [0.5, 0.6) is 34.5 Å². The van der Waals surface area contributed by atoms with Crippen LogP contribution in [0.3, 0.4) is 0 Å². The zero-order valence-corrected chi connectivity index (χ0v) is 34.6. The van der Waals surface area contributed by atoms with Gasteiger partial charge in [-0.15, -0.1) is 0 Å². The van der Waals surface area contributed by atoms with Gasteiger partial charge < -0.3 is 29.2 Å². The molecule has 10 aromatic rings. The Kier molecular flexibility index (Phi) is 10.6. The van der Waals surface area contributed by atoms with E-state index < -0.39 is 23.9 Å². The van der Waals surface area contributed by atoms with Crippen molar-refractivity contribution < 1.29 is 48.3 Å². The molecule has 10 rings (SSSR count). The lowest BCUT2D eigenvalue weighted by molar-refractivity contribution is 0.0719. The Morgan fingerprint density at radius 1 is 0.303 bits per heavy atom. The van der Waals surface area contributed by atoms with E-state index in [0.717, 1.165) is 43.1 Å². The number of fused-ring (bicyclic) bond motifs is 4. The van der Waals surface area contributed by atoms with E-state index in [4.69, 9.17) is 18.9 Å². The van der Waals surface area contributed by atoms with E-state index in [1.165, 1.54) is 48.5 Å². The number of carbonyl (C=O) groups excluding carboxylic acids is 4. The van der Waals surface area contributed by atoms with Gasteiger partial charge >= 0.3 is 23.9 Å². The fourth-order valence-electron chi connectivity index (χ4n) is 7.88. The van der Waals surface area contributed by atoms with E-state index in [0.29, 0.717) is 22.3 Å². The van der Waals surface area contributed by atoms with Crippen molar-refractivity contribution in [3.8, 4) is 45.6 Å². The van der Waals surface area contributed by atoms with Crippen molar-refractivity contribution in [3.05, 3.63) is 216 Å². The third-order valence-corrected chi connectivity index (χ3v) is 11.2. The molecule has 0 radical (unpaired) electrons. The first kappa shape index (κ1) is 40.8. The summed E-state index contributed by atoms with van der Waals surface area (Å²) in [6, 6.07) is 54.1. The number of aromatic hydroxyl groups is 2. The molecule has 0 aromatic heterocycles. The van der Waals surface area contributed by atoms with Crippen LogP contribution in [0.25, 0.3) is 54.2 Å². The molecule has 0 heterocycles. The summed E-state index contributed by atoms with van der Waals surface area (Å²) in [6.07, 6.45) is 0. The standard InChI is InChI=1S/C56H34O10/c57-43-21-13-37-29-41(11-9-39(37)31-43)55(61)63-45-23-15-35(16-24-45)53(59)65-49-27-19-33-5-1-3-7-47(33)51(49)52-48-8-4-2-6-34(48)20-28-50(52)66-54(60)36-17-25-46(26-18-36)64-56(62)42-12-10-40-32-44(58)22-14-38(40)30-42/h1-32,57-58H. The van der Waals surface area contributed by atoms with Crippen LogP contribution in [0.2, 0.25) is 0 Å². The molecule has 0 aliphatic rings. The lowest BCUT2D eigenvalue weighted by Gasteiger charge is -2.19. The Balaban J connectivity index is 0.912. The first-order valence-corrected chi connectivity index (χ1v) is 20.7. The van der Waals surface area contributed by atoms with Crippen molar-refractivity contribution in [2.24, 2.45) is 0 Å². The Bertz CT molecular complexity index is 3340. The number of phenolic OH excluding ortho intramolecular Hbond substituents is 2. The van der Waals surface area contributed by atoms with E-state index in [1.54, 1.807) is 84.9 Å². The Labute approximate surface area is 376 Å². The van der Waals surface area contributed by atoms with E-state index >= 15 is 0 Å². The highest BCUT2D eigenvalue weighted by atomic mass is 16.5. The number of hydrogen-bond acceptors (Lipinski definition) is 10. The third kappa shape index (κ3) is 8.21. The average Bonchev–Trinajstić information content (AvgIpc) is 3.34. The molecular weight excluding hydrogens is 833 g/mol. The maximum Gasteiger partial charge on any atom is 0.343 e. The van der Waals surface area contributed by atoms with Crippen molar-refractivity contribution in [1.82, 2.24) is 0 Å². The van der Waals surface area contributed by atoms with E-state index in [1.807, 2.05) is 60.7 Å². The fourth-order valence-corrected chi connectivity index (χ4v) is 7.88. The van der Waals surface area contributed by atoms with Crippen molar-refractivity contribution in [3.63, 3.8) is 0 Å². The topological polar surface area (TPSA) is 146 Å². The van der Waals surface area contributed by atoms with Crippen molar-refractivity contribution in [2.45, 2.75) is 0 Å². The van der Waals surface area contributed by atoms with Gasteiger partial charge in [0, 0.05) is 11.1 Å². The van der Waals surface area contributed by atoms with Gasteiger partial charge in [0.1, 0.15) is 34.5 Å². The normalized spacial score (nSPS) is 11.1. The van der Waals surface area contributed by atoms with Gasteiger partial charge in [-0.05, 0) is 152 Å². The molecule has 0 atom stereocenters.